The van der Waals surface area contributed by atoms with Crippen LogP contribution in [0.4, 0.5) is 0 Å². The Morgan fingerprint density at radius 1 is 1.32 bits per heavy atom. The van der Waals surface area contributed by atoms with Gasteiger partial charge in [0.25, 0.3) is 0 Å². The number of carbonyl (C=O) groups excluding carboxylic acids is 2. The van der Waals surface area contributed by atoms with Gasteiger partial charge in [-0.3, -0.25) is 0 Å². The first kappa shape index (κ1) is 15.6. The summed E-state index contributed by atoms with van der Waals surface area (Å²) in [5.74, 6) is -3.68. The van der Waals surface area contributed by atoms with E-state index in [4.69, 9.17) is 9.84 Å². The van der Waals surface area contributed by atoms with Crippen molar-refractivity contribution in [2.45, 2.75) is 12.2 Å². The van der Waals surface area contributed by atoms with Gasteiger partial charge in [-0.25, -0.2) is 9.59 Å². The van der Waals surface area contributed by atoms with Crippen LogP contribution in [0, 0.1) is 0 Å². The zero-order chi connectivity index (χ0) is 16.3. The SMILES string of the molecule is C=C(C(=O)OC[C@H](O)[C@H]1OC(=O)C(O)=C1O)c1ccccc1. The Morgan fingerprint density at radius 2 is 1.95 bits per heavy atom. The molecule has 116 valence electrons. The fourth-order valence-electron chi connectivity index (χ4n) is 1.82. The molecule has 0 saturated heterocycles. The standard InChI is InChI=1S/C15H14O7/c1-8(9-5-3-2-4-6-9)14(19)21-7-10(16)13-11(17)12(18)15(20)22-13/h2-6,10,13,16-18H,1,7H2/t10-,13+/m0/s1. The molecule has 1 aromatic carbocycles. The molecular weight excluding hydrogens is 292 g/mol. The van der Waals surface area contributed by atoms with E-state index in [2.05, 4.69) is 11.3 Å². The maximum atomic E-state index is 11.8. The van der Waals surface area contributed by atoms with E-state index in [0.717, 1.165) is 0 Å². The second-order valence-electron chi connectivity index (χ2n) is 4.57. The quantitative estimate of drug-likeness (QED) is 0.546. The Kier molecular flexibility index (Phi) is 4.47. The Balaban J connectivity index is 1.92. The van der Waals surface area contributed by atoms with E-state index in [1.807, 2.05) is 0 Å². The van der Waals surface area contributed by atoms with Crippen LogP contribution in [0.1, 0.15) is 5.56 Å². The van der Waals surface area contributed by atoms with Crippen molar-refractivity contribution in [3.8, 4) is 0 Å². The maximum Gasteiger partial charge on any atom is 0.377 e. The number of rotatable bonds is 5. The van der Waals surface area contributed by atoms with Gasteiger partial charge in [-0.1, -0.05) is 36.9 Å². The van der Waals surface area contributed by atoms with Crippen LogP contribution in [-0.2, 0) is 19.1 Å². The number of carbonyl (C=O) groups is 2. The van der Waals surface area contributed by atoms with Crippen molar-refractivity contribution >= 4 is 17.5 Å². The third-order valence-corrected chi connectivity index (χ3v) is 3.04. The van der Waals surface area contributed by atoms with Crippen LogP contribution < -0.4 is 0 Å². The van der Waals surface area contributed by atoms with Gasteiger partial charge in [0.15, 0.2) is 11.9 Å². The molecule has 0 saturated carbocycles. The lowest BCUT2D eigenvalue weighted by atomic mass is 10.1. The first-order valence-corrected chi connectivity index (χ1v) is 6.34. The second kappa shape index (κ2) is 6.31. The normalized spacial score (nSPS) is 18.8. The number of benzene rings is 1. The van der Waals surface area contributed by atoms with Crippen molar-refractivity contribution in [2.75, 3.05) is 6.61 Å². The molecule has 1 aliphatic heterocycles. The second-order valence-corrected chi connectivity index (χ2v) is 4.57. The van der Waals surface area contributed by atoms with Crippen LogP contribution in [0.25, 0.3) is 5.57 Å². The van der Waals surface area contributed by atoms with E-state index >= 15 is 0 Å². The molecule has 0 aliphatic carbocycles. The highest BCUT2D eigenvalue weighted by molar-refractivity contribution is 6.15. The molecule has 22 heavy (non-hydrogen) atoms. The van der Waals surface area contributed by atoms with E-state index in [-0.39, 0.29) is 5.57 Å². The number of aliphatic hydroxyl groups is 3. The molecule has 0 amide bonds. The lowest BCUT2D eigenvalue weighted by Gasteiger charge is -2.17. The predicted octanol–water partition coefficient (Wildman–Crippen LogP) is 0.857. The smallest absolute Gasteiger partial charge is 0.377 e. The first-order chi connectivity index (χ1) is 10.4. The van der Waals surface area contributed by atoms with E-state index in [9.17, 15) is 19.8 Å². The molecular formula is C15H14O7. The predicted molar refractivity (Wildman–Crippen MR) is 74.6 cm³/mol. The molecule has 0 spiro atoms. The zero-order valence-electron chi connectivity index (χ0n) is 11.4. The molecule has 1 aromatic rings. The Labute approximate surface area is 125 Å². The average molecular weight is 306 g/mol. The Hall–Kier alpha value is -2.80. The molecule has 7 nitrogen and oxygen atoms in total. The third kappa shape index (κ3) is 3.09. The molecule has 2 rings (SSSR count). The van der Waals surface area contributed by atoms with Crippen LogP contribution in [0.3, 0.4) is 0 Å². The summed E-state index contributed by atoms with van der Waals surface area (Å²) in [6, 6.07) is 8.58. The van der Waals surface area contributed by atoms with Crippen molar-refractivity contribution in [3.63, 3.8) is 0 Å². The molecule has 3 N–H and O–H groups in total. The van der Waals surface area contributed by atoms with Gasteiger partial charge >= 0.3 is 11.9 Å². The number of hydrogen-bond acceptors (Lipinski definition) is 7. The third-order valence-electron chi connectivity index (χ3n) is 3.04. The van der Waals surface area contributed by atoms with Crippen LogP contribution >= 0.6 is 0 Å². The minimum atomic E-state index is -1.51. The molecule has 0 unspecified atom stereocenters. The molecule has 2 atom stereocenters. The summed E-state index contributed by atoms with van der Waals surface area (Å²) in [5.41, 5.74) is 0.661. The van der Waals surface area contributed by atoms with Crippen molar-refractivity contribution in [1.82, 2.24) is 0 Å². The van der Waals surface area contributed by atoms with Crippen molar-refractivity contribution in [3.05, 3.63) is 54.0 Å². The van der Waals surface area contributed by atoms with Crippen molar-refractivity contribution in [1.29, 1.82) is 0 Å². The highest BCUT2D eigenvalue weighted by Gasteiger charge is 2.39. The van der Waals surface area contributed by atoms with Gasteiger partial charge in [0, 0.05) is 0 Å². The fraction of sp³-hybridized carbons (Fsp3) is 0.200. The summed E-state index contributed by atoms with van der Waals surface area (Å²) in [5, 5.41) is 28.3. The molecule has 0 bridgehead atoms. The lowest BCUT2D eigenvalue weighted by Crippen LogP contribution is -2.33. The summed E-state index contributed by atoms with van der Waals surface area (Å²) in [7, 11) is 0. The monoisotopic (exact) mass is 306 g/mol. The number of ether oxygens (including phenoxy) is 2. The first-order valence-electron chi connectivity index (χ1n) is 6.34. The highest BCUT2D eigenvalue weighted by Crippen LogP contribution is 2.22. The minimum Gasteiger partial charge on any atom is -0.505 e. The van der Waals surface area contributed by atoms with Gasteiger partial charge in [0.05, 0.1) is 5.57 Å². The van der Waals surface area contributed by atoms with Gasteiger partial charge in [-0.15, -0.1) is 0 Å². The minimum absolute atomic E-state index is 0.0961. The van der Waals surface area contributed by atoms with Crippen LogP contribution in [0.15, 0.2) is 48.4 Å². The molecule has 1 aliphatic rings. The topological polar surface area (TPSA) is 113 Å². The van der Waals surface area contributed by atoms with Crippen LogP contribution in [0.2, 0.25) is 0 Å². The lowest BCUT2D eigenvalue weighted by molar-refractivity contribution is -0.151. The van der Waals surface area contributed by atoms with E-state index < -0.39 is 42.3 Å². The zero-order valence-corrected chi connectivity index (χ0v) is 11.4. The van der Waals surface area contributed by atoms with Gasteiger partial charge in [0.2, 0.25) is 5.76 Å². The van der Waals surface area contributed by atoms with Gasteiger partial charge < -0.3 is 24.8 Å². The molecule has 0 aromatic heterocycles. The Bertz CT molecular complexity index is 633. The maximum absolute atomic E-state index is 11.8. The molecule has 0 fully saturated rings. The summed E-state index contributed by atoms with van der Waals surface area (Å²) in [4.78, 5) is 22.8. The highest BCUT2D eigenvalue weighted by atomic mass is 16.6. The summed E-state index contributed by atoms with van der Waals surface area (Å²) in [6.45, 7) is 3.06. The largest absolute Gasteiger partial charge is 0.505 e. The van der Waals surface area contributed by atoms with E-state index in [1.54, 1.807) is 30.3 Å². The molecule has 1 heterocycles. The van der Waals surface area contributed by atoms with Crippen molar-refractivity contribution in [2.24, 2.45) is 0 Å². The average Bonchev–Trinajstić information content (AvgIpc) is 2.80. The van der Waals surface area contributed by atoms with E-state index in [1.165, 1.54) is 0 Å². The number of aliphatic hydroxyl groups excluding tert-OH is 3. The van der Waals surface area contributed by atoms with E-state index in [0.29, 0.717) is 5.56 Å². The van der Waals surface area contributed by atoms with Gasteiger partial charge in [-0.05, 0) is 5.56 Å². The Morgan fingerprint density at radius 3 is 2.50 bits per heavy atom. The number of esters is 2. The fourth-order valence-corrected chi connectivity index (χ4v) is 1.82. The van der Waals surface area contributed by atoms with Gasteiger partial charge in [0.1, 0.15) is 12.7 Å². The number of cyclic esters (lactones) is 1. The molecule has 7 heteroatoms. The molecule has 0 radical (unpaired) electrons. The summed E-state index contributed by atoms with van der Waals surface area (Å²) < 4.78 is 9.40. The summed E-state index contributed by atoms with van der Waals surface area (Å²) >= 11 is 0. The van der Waals surface area contributed by atoms with Crippen molar-refractivity contribution < 1.29 is 34.4 Å². The van der Waals surface area contributed by atoms with Crippen LogP contribution in [-0.4, -0.2) is 46.1 Å². The van der Waals surface area contributed by atoms with Crippen LogP contribution in [0.5, 0.6) is 0 Å². The van der Waals surface area contributed by atoms with Gasteiger partial charge in [-0.2, -0.15) is 0 Å². The number of hydrogen-bond donors (Lipinski definition) is 3. The summed E-state index contributed by atoms with van der Waals surface area (Å²) in [6.07, 6.45) is -2.98.